The van der Waals surface area contributed by atoms with Crippen molar-refractivity contribution in [2.75, 3.05) is 0 Å². The number of rotatable bonds is 3. The van der Waals surface area contributed by atoms with Crippen molar-refractivity contribution in [2.45, 2.75) is 6.54 Å². The molecule has 0 unspecified atom stereocenters. The topological polar surface area (TPSA) is 29.1 Å². The quantitative estimate of drug-likeness (QED) is 0.816. The molecule has 6 heteroatoms. The molecule has 0 aliphatic carbocycles. The average molecular weight is 377 g/mol. The Labute approximate surface area is 134 Å². The molecule has 1 N–H and O–H groups in total. The van der Waals surface area contributed by atoms with Gasteiger partial charge in [-0.25, -0.2) is 4.39 Å². The van der Waals surface area contributed by atoms with E-state index in [0.29, 0.717) is 14.5 Å². The first kappa shape index (κ1) is 15.3. The number of hydrogen-bond acceptors (Lipinski definition) is 1. The number of benzene rings is 2. The van der Waals surface area contributed by atoms with E-state index in [1.165, 1.54) is 18.2 Å². The summed E-state index contributed by atoms with van der Waals surface area (Å²) in [4.78, 5) is 12.0. The Kier molecular flexibility index (Phi) is 5.02. The third kappa shape index (κ3) is 3.72. The van der Waals surface area contributed by atoms with E-state index in [-0.39, 0.29) is 18.0 Å². The minimum Gasteiger partial charge on any atom is -0.348 e. The first-order valence-electron chi connectivity index (χ1n) is 5.64. The molecule has 0 aliphatic heterocycles. The van der Waals surface area contributed by atoms with E-state index in [1.54, 1.807) is 18.2 Å². The van der Waals surface area contributed by atoms with Crippen molar-refractivity contribution in [2.24, 2.45) is 0 Å². The van der Waals surface area contributed by atoms with Gasteiger partial charge in [0.05, 0.1) is 5.56 Å². The summed E-state index contributed by atoms with van der Waals surface area (Å²) in [5.74, 6) is -0.856. The van der Waals surface area contributed by atoms with E-state index in [1.807, 2.05) is 0 Å². The van der Waals surface area contributed by atoms with Gasteiger partial charge in [0.1, 0.15) is 5.82 Å². The van der Waals surface area contributed by atoms with Gasteiger partial charge in [-0.05, 0) is 51.8 Å². The lowest BCUT2D eigenvalue weighted by Gasteiger charge is -2.08. The van der Waals surface area contributed by atoms with Crippen LogP contribution in [0.1, 0.15) is 15.9 Å². The summed E-state index contributed by atoms with van der Waals surface area (Å²) in [6, 6.07) is 8.95. The van der Waals surface area contributed by atoms with E-state index >= 15 is 0 Å². The molecule has 0 fully saturated rings. The van der Waals surface area contributed by atoms with Crippen molar-refractivity contribution in [1.29, 1.82) is 0 Å². The van der Waals surface area contributed by atoms with E-state index in [0.717, 1.165) is 5.56 Å². The van der Waals surface area contributed by atoms with Gasteiger partial charge in [0.2, 0.25) is 0 Å². The lowest BCUT2D eigenvalue weighted by molar-refractivity contribution is 0.0949. The van der Waals surface area contributed by atoms with Crippen LogP contribution in [-0.2, 0) is 6.54 Å². The van der Waals surface area contributed by atoms with Crippen LogP contribution in [-0.4, -0.2) is 5.91 Å². The van der Waals surface area contributed by atoms with E-state index in [9.17, 15) is 9.18 Å². The standard InChI is InChI=1S/C14H9BrCl2FNO/c15-12-4-3-10(18)6-11(12)14(20)19-7-8-1-2-9(16)5-13(8)17/h1-6H,7H2,(H,19,20). The Balaban J connectivity index is 2.10. The number of amides is 1. The maximum atomic E-state index is 13.1. The van der Waals surface area contributed by atoms with Crippen LogP contribution in [0.15, 0.2) is 40.9 Å². The molecule has 104 valence electrons. The minimum atomic E-state index is -0.470. The highest BCUT2D eigenvalue weighted by Gasteiger charge is 2.11. The largest absolute Gasteiger partial charge is 0.348 e. The molecule has 0 bridgehead atoms. The van der Waals surface area contributed by atoms with Gasteiger partial charge < -0.3 is 5.32 Å². The molecule has 0 saturated heterocycles. The molecule has 0 aromatic heterocycles. The summed E-state index contributed by atoms with van der Waals surface area (Å²) in [7, 11) is 0. The predicted molar refractivity (Wildman–Crippen MR) is 81.7 cm³/mol. The molecule has 2 aromatic rings. The van der Waals surface area contributed by atoms with Crippen LogP contribution in [0.5, 0.6) is 0 Å². The molecule has 1 amide bonds. The van der Waals surface area contributed by atoms with Crippen LogP contribution < -0.4 is 5.32 Å². The normalized spacial score (nSPS) is 10.4. The van der Waals surface area contributed by atoms with Crippen LogP contribution in [0.3, 0.4) is 0 Å². The second kappa shape index (κ2) is 6.57. The highest BCUT2D eigenvalue weighted by molar-refractivity contribution is 9.10. The van der Waals surface area contributed by atoms with Crippen molar-refractivity contribution in [1.82, 2.24) is 5.32 Å². The van der Waals surface area contributed by atoms with E-state index in [2.05, 4.69) is 21.2 Å². The van der Waals surface area contributed by atoms with Gasteiger partial charge in [0.25, 0.3) is 5.91 Å². The molecule has 0 radical (unpaired) electrons. The van der Waals surface area contributed by atoms with Crippen LogP contribution in [0.4, 0.5) is 4.39 Å². The molecule has 0 saturated carbocycles. The maximum absolute atomic E-state index is 13.1. The highest BCUT2D eigenvalue weighted by atomic mass is 79.9. The van der Waals surface area contributed by atoms with Gasteiger partial charge in [0.15, 0.2) is 0 Å². The van der Waals surface area contributed by atoms with Crippen LogP contribution >= 0.6 is 39.1 Å². The Hall–Kier alpha value is -1.10. The third-order valence-corrected chi connectivity index (χ3v) is 3.91. The summed E-state index contributed by atoms with van der Waals surface area (Å²) in [5.41, 5.74) is 0.965. The highest BCUT2D eigenvalue weighted by Crippen LogP contribution is 2.21. The van der Waals surface area contributed by atoms with Gasteiger partial charge in [-0.3, -0.25) is 4.79 Å². The fraction of sp³-hybridized carbons (Fsp3) is 0.0714. The van der Waals surface area contributed by atoms with Gasteiger partial charge in [0, 0.05) is 21.1 Å². The average Bonchev–Trinajstić information content (AvgIpc) is 2.40. The van der Waals surface area contributed by atoms with Gasteiger partial charge >= 0.3 is 0 Å². The first-order chi connectivity index (χ1) is 9.47. The lowest BCUT2D eigenvalue weighted by atomic mass is 10.2. The van der Waals surface area contributed by atoms with E-state index in [4.69, 9.17) is 23.2 Å². The van der Waals surface area contributed by atoms with Crippen molar-refractivity contribution < 1.29 is 9.18 Å². The van der Waals surface area contributed by atoms with Crippen molar-refractivity contribution >= 4 is 45.0 Å². The Morgan fingerprint density at radius 1 is 1.20 bits per heavy atom. The minimum absolute atomic E-state index is 0.232. The second-order valence-electron chi connectivity index (χ2n) is 4.04. The maximum Gasteiger partial charge on any atom is 0.252 e. The zero-order chi connectivity index (χ0) is 14.7. The molecule has 0 heterocycles. The summed E-state index contributed by atoms with van der Waals surface area (Å²) in [6.07, 6.45) is 0. The summed E-state index contributed by atoms with van der Waals surface area (Å²) in [5, 5.41) is 3.67. The van der Waals surface area contributed by atoms with Gasteiger partial charge in [-0.15, -0.1) is 0 Å². The molecule has 2 aromatic carbocycles. The summed E-state index contributed by atoms with van der Waals surface area (Å²) in [6.45, 7) is 0.234. The molecule has 2 nitrogen and oxygen atoms in total. The van der Waals surface area contributed by atoms with Crippen LogP contribution in [0.25, 0.3) is 0 Å². The zero-order valence-corrected chi connectivity index (χ0v) is 13.2. The van der Waals surface area contributed by atoms with Crippen LogP contribution in [0.2, 0.25) is 10.0 Å². The molecule has 0 aliphatic rings. The Morgan fingerprint density at radius 2 is 1.95 bits per heavy atom. The number of nitrogens with one attached hydrogen (secondary N) is 1. The van der Waals surface area contributed by atoms with Gasteiger partial charge in [-0.1, -0.05) is 29.3 Å². The fourth-order valence-corrected chi connectivity index (χ4v) is 2.51. The number of hydrogen-bond donors (Lipinski definition) is 1. The molecule has 0 spiro atoms. The van der Waals surface area contributed by atoms with E-state index < -0.39 is 5.82 Å². The lowest BCUT2D eigenvalue weighted by Crippen LogP contribution is -2.23. The van der Waals surface area contributed by atoms with Crippen molar-refractivity contribution in [3.05, 3.63) is 67.9 Å². The van der Waals surface area contributed by atoms with Crippen molar-refractivity contribution in [3.63, 3.8) is 0 Å². The number of carbonyl (C=O) groups is 1. The fourth-order valence-electron chi connectivity index (χ4n) is 1.61. The zero-order valence-electron chi connectivity index (χ0n) is 10.1. The molecular formula is C14H9BrCl2FNO. The molecule has 20 heavy (non-hydrogen) atoms. The number of halogens is 4. The third-order valence-electron chi connectivity index (χ3n) is 2.63. The second-order valence-corrected chi connectivity index (χ2v) is 5.74. The summed E-state index contributed by atoms with van der Waals surface area (Å²) < 4.78 is 13.7. The molecule has 0 atom stereocenters. The van der Waals surface area contributed by atoms with Gasteiger partial charge in [-0.2, -0.15) is 0 Å². The van der Waals surface area contributed by atoms with Crippen LogP contribution in [0, 0.1) is 5.82 Å². The summed E-state index contributed by atoms with van der Waals surface area (Å²) >= 11 is 15.0. The molecule has 2 rings (SSSR count). The van der Waals surface area contributed by atoms with Crippen molar-refractivity contribution in [3.8, 4) is 0 Å². The monoisotopic (exact) mass is 375 g/mol. The molecular weight excluding hydrogens is 368 g/mol. The SMILES string of the molecule is O=C(NCc1ccc(Cl)cc1Cl)c1cc(F)ccc1Br. The smallest absolute Gasteiger partial charge is 0.252 e. The Bertz CT molecular complexity index is 664. The predicted octanol–water partition coefficient (Wildman–Crippen LogP) is 4.83. The number of carbonyl (C=O) groups excluding carboxylic acids is 1. The first-order valence-corrected chi connectivity index (χ1v) is 7.19. The Morgan fingerprint density at radius 3 is 2.65 bits per heavy atom.